The monoisotopic (exact) mass is 804 g/mol. The molecule has 0 spiro atoms. The summed E-state index contributed by atoms with van der Waals surface area (Å²) in [5.41, 5.74) is 20.1. The van der Waals surface area contributed by atoms with E-state index >= 15 is 0 Å². The third-order valence-electron chi connectivity index (χ3n) is 12.9. The molecule has 9 aromatic carbocycles. The number of fused-ring (bicyclic) bond motifs is 9. The number of benzene rings is 9. The Balaban J connectivity index is 1.05. The Hall–Kier alpha value is -7.30. The van der Waals surface area contributed by atoms with Gasteiger partial charge in [0.25, 0.3) is 0 Å². The van der Waals surface area contributed by atoms with E-state index < -0.39 is 0 Å². The van der Waals surface area contributed by atoms with Gasteiger partial charge >= 0.3 is 0 Å². The fourth-order valence-corrected chi connectivity index (χ4v) is 9.49. The molecule has 0 aliphatic heterocycles. The van der Waals surface area contributed by atoms with Crippen LogP contribution in [0.1, 0.15) is 44.5 Å². The predicted octanol–water partition coefficient (Wildman–Crippen LogP) is 17.2. The molecule has 0 atom stereocenters. The van der Waals surface area contributed by atoms with E-state index in [0.717, 1.165) is 71.4 Å². The van der Waals surface area contributed by atoms with Gasteiger partial charge in [0.15, 0.2) is 0 Å². The lowest BCUT2D eigenvalue weighted by Crippen LogP contribution is -2.13. The lowest BCUT2D eigenvalue weighted by molar-refractivity contribution is 0.663. The maximum atomic E-state index is 6.90. The molecule has 62 heavy (non-hydrogen) atoms. The molecule has 0 fully saturated rings. The Labute approximate surface area is 362 Å². The second-order valence-corrected chi connectivity index (χ2v) is 17.6. The Morgan fingerprint density at radius 1 is 0.306 bits per heavy atom. The topological polar surface area (TPSA) is 32.8 Å². The molecule has 11 aromatic rings. The van der Waals surface area contributed by atoms with Crippen molar-refractivity contribution in [2.45, 2.75) is 55.4 Å². The first kappa shape index (κ1) is 37.7. The molecule has 302 valence electrons. The lowest BCUT2D eigenvalue weighted by Gasteiger charge is -2.29. The molecule has 4 nitrogen and oxygen atoms in total. The van der Waals surface area contributed by atoms with E-state index in [1.807, 2.05) is 0 Å². The van der Waals surface area contributed by atoms with Crippen molar-refractivity contribution in [1.82, 2.24) is 0 Å². The van der Waals surface area contributed by atoms with Gasteiger partial charge in [0.1, 0.15) is 22.3 Å². The van der Waals surface area contributed by atoms with Gasteiger partial charge in [0.05, 0.1) is 5.39 Å². The van der Waals surface area contributed by atoms with E-state index in [4.69, 9.17) is 8.83 Å². The van der Waals surface area contributed by atoms with Crippen LogP contribution < -0.4 is 9.80 Å². The number of furan rings is 2. The number of rotatable bonds is 6. The maximum absolute atomic E-state index is 6.90. The van der Waals surface area contributed by atoms with Crippen LogP contribution in [0, 0.1) is 55.4 Å². The number of hydrogen-bond acceptors (Lipinski definition) is 4. The van der Waals surface area contributed by atoms with Gasteiger partial charge in [-0.1, -0.05) is 60.7 Å². The molecule has 0 N–H and O–H groups in total. The van der Waals surface area contributed by atoms with E-state index in [0.29, 0.717) is 0 Å². The van der Waals surface area contributed by atoms with Crippen LogP contribution in [0.25, 0.3) is 65.4 Å². The molecule has 0 amide bonds. The minimum absolute atomic E-state index is 0.819. The minimum Gasteiger partial charge on any atom is -0.456 e. The van der Waals surface area contributed by atoms with Gasteiger partial charge in [0, 0.05) is 50.3 Å². The van der Waals surface area contributed by atoms with Gasteiger partial charge in [-0.3, -0.25) is 0 Å². The summed E-state index contributed by atoms with van der Waals surface area (Å²) in [4.78, 5) is 4.81. The molecule has 2 heterocycles. The number of anilines is 6. The van der Waals surface area contributed by atoms with Gasteiger partial charge in [-0.2, -0.15) is 0 Å². The van der Waals surface area contributed by atoms with Crippen LogP contribution in [-0.4, -0.2) is 0 Å². The predicted molar refractivity (Wildman–Crippen MR) is 263 cm³/mol. The summed E-state index contributed by atoms with van der Waals surface area (Å²) in [5, 5.41) is 8.80. The smallest absolute Gasteiger partial charge is 0.147 e. The molecule has 0 saturated heterocycles. The summed E-state index contributed by atoms with van der Waals surface area (Å²) in [7, 11) is 0. The molecule has 0 bridgehead atoms. The molecule has 2 aromatic heterocycles. The van der Waals surface area contributed by atoms with Crippen LogP contribution >= 0.6 is 0 Å². The first-order chi connectivity index (χ1) is 30.0. The summed E-state index contributed by atoms with van der Waals surface area (Å²) >= 11 is 0. The Kier molecular flexibility index (Phi) is 8.59. The van der Waals surface area contributed by atoms with Crippen LogP contribution in [0.15, 0.2) is 154 Å². The highest BCUT2D eigenvalue weighted by molar-refractivity contribution is 6.24. The molecule has 11 rings (SSSR count). The van der Waals surface area contributed by atoms with Crippen molar-refractivity contribution in [1.29, 1.82) is 0 Å². The van der Waals surface area contributed by atoms with E-state index in [2.05, 4.69) is 211 Å². The number of nitrogens with zero attached hydrogens (tertiary/aromatic N) is 2. The zero-order chi connectivity index (χ0) is 42.6. The van der Waals surface area contributed by atoms with Crippen LogP contribution in [0.3, 0.4) is 0 Å². The van der Waals surface area contributed by atoms with Crippen LogP contribution in [-0.2, 0) is 0 Å². The van der Waals surface area contributed by atoms with E-state index in [1.165, 1.54) is 72.6 Å². The minimum atomic E-state index is 0.819. The van der Waals surface area contributed by atoms with Gasteiger partial charge in [0.2, 0.25) is 0 Å². The van der Waals surface area contributed by atoms with Crippen molar-refractivity contribution >= 4 is 99.5 Å². The second-order valence-electron chi connectivity index (χ2n) is 17.6. The van der Waals surface area contributed by atoms with Crippen molar-refractivity contribution in [3.05, 3.63) is 190 Å². The molecule has 0 aliphatic rings. The SMILES string of the molecule is Cc1ccc(C)c(N(c2ccc3cc4c(cc3c2)oc2c4ccc3oc4cc5cc(N(c6cc(C)ccc6C)c6cc(C)ccc6C)ccc5cc4c32)c2cc(C)ccc2C)c1. The molecular formula is C58H48N2O2. The van der Waals surface area contributed by atoms with E-state index in [1.54, 1.807) is 0 Å². The highest BCUT2D eigenvalue weighted by atomic mass is 16.3. The van der Waals surface area contributed by atoms with Crippen molar-refractivity contribution in [2.24, 2.45) is 0 Å². The normalized spacial score (nSPS) is 11.9. The van der Waals surface area contributed by atoms with Crippen LogP contribution in [0.4, 0.5) is 34.1 Å². The number of aryl methyl sites for hydroxylation is 8. The highest BCUT2D eigenvalue weighted by Crippen LogP contribution is 2.45. The zero-order valence-corrected chi connectivity index (χ0v) is 36.6. The molecule has 0 unspecified atom stereocenters. The van der Waals surface area contributed by atoms with E-state index in [9.17, 15) is 0 Å². The molecule has 0 saturated carbocycles. The number of hydrogen-bond donors (Lipinski definition) is 0. The molecule has 4 heteroatoms. The van der Waals surface area contributed by atoms with Crippen molar-refractivity contribution < 1.29 is 8.83 Å². The summed E-state index contributed by atoms with van der Waals surface area (Å²) in [6.07, 6.45) is 0. The molecular weight excluding hydrogens is 757 g/mol. The van der Waals surface area contributed by atoms with E-state index in [-0.39, 0.29) is 0 Å². The summed E-state index contributed by atoms with van der Waals surface area (Å²) in [5.74, 6) is 0. The van der Waals surface area contributed by atoms with Gasteiger partial charge in [-0.25, -0.2) is 0 Å². The third kappa shape index (κ3) is 6.12. The summed E-state index contributed by atoms with van der Waals surface area (Å²) in [6, 6.07) is 53.6. The first-order valence-electron chi connectivity index (χ1n) is 21.6. The largest absolute Gasteiger partial charge is 0.456 e. The van der Waals surface area contributed by atoms with Gasteiger partial charge in [-0.05, 0) is 206 Å². The summed E-state index contributed by atoms with van der Waals surface area (Å²) in [6.45, 7) is 17.4. The average Bonchev–Trinajstić information content (AvgIpc) is 3.81. The van der Waals surface area contributed by atoms with Crippen molar-refractivity contribution in [2.75, 3.05) is 9.80 Å². The average molecular weight is 805 g/mol. The molecule has 0 radical (unpaired) electrons. The van der Waals surface area contributed by atoms with Crippen molar-refractivity contribution in [3.63, 3.8) is 0 Å². The first-order valence-corrected chi connectivity index (χ1v) is 21.6. The zero-order valence-electron chi connectivity index (χ0n) is 36.6. The quantitative estimate of drug-likeness (QED) is 0.168. The van der Waals surface area contributed by atoms with Gasteiger partial charge in [-0.15, -0.1) is 0 Å². The second kappa shape index (κ2) is 14.1. The highest BCUT2D eigenvalue weighted by Gasteiger charge is 2.22. The third-order valence-corrected chi connectivity index (χ3v) is 12.9. The van der Waals surface area contributed by atoms with Gasteiger partial charge < -0.3 is 18.6 Å². The fourth-order valence-electron chi connectivity index (χ4n) is 9.49. The Morgan fingerprint density at radius 2 is 0.726 bits per heavy atom. The van der Waals surface area contributed by atoms with Crippen LogP contribution in [0.2, 0.25) is 0 Å². The lowest BCUT2D eigenvalue weighted by atomic mass is 10.0. The maximum Gasteiger partial charge on any atom is 0.147 e. The van der Waals surface area contributed by atoms with Crippen molar-refractivity contribution in [3.8, 4) is 0 Å². The Bertz CT molecular complexity index is 3540. The fraction of sp³-hybridized carbons (Fsp3) is 0.138. The molecule has 0 aliphatic carbocycles. The summed E-state index contributed by atoms with van der Waals surface area (Å²) < 4.78 is 13.6. The standard InChI is InChI=1S/C58H48N2O2/c1-33-9-13-37(5)50(23-33)59(51-24-34(2)10-14-38(51)6)45-19-17-41-29-48-47-21-22-54-57(58(47)62-55(48)31-43(41)27-45)49-30-42-18-20-46(28-44(42)32-56(49)61-54)60(52-25-35(3)11-15-39(52)7)53-26-36(4)12-16-40(53)8/h9-32H,1-8H3. The Morgan fingerprint density at radius 3 is 1.18 bits per heavy atom. The van der Waals surface area contributed by atoms with Crippen LogP contribution in [0.5, 0.6) is 0 Å².